The summed E-state index contributed by atoms with van der Waals surface area (Å²) in [6.07, 6.45) is 0.973. The summed E-state index contributed by atoms with van der Waals surface area (Å²) in [5.74, 6) is 0.265. The van der Waals surface area contributed by atoms with Crippen LogP contribution in [0.25, 0.3) is 0 Å². The van der Waals surface area contributed by atoms with Crippen molar-refractivity contribution < 1.29 is 9.59 Å². The average Bonchev–Trinajstić information content (AvgIpc) is 3.05. The molecule has 1 aromatic rings. The quantitative estimate of drug-likeness (QED) is 0.538. The molecule has 2 amide bonds. The van der Waals surface area contributed by atoms with E-state index in [2.05, 4.69) is 31.9 Å². The Morgan fingerprint density at radius 3 is 1.90 bits per heavy atom. The highest BCUT2D eigenvalue weighted by atomic mass is 79.9. The third-order valence-electron chi connectivity index (χ3n) is 5.00. The second-order valence-corrected chi connectivity index (χ2v) is 7.97. The number of rotatable bonds is 1. The zero-order chi connectivity index (χ0) is 14.0. The molecule has 4 rings (SSSR count). The minimum atomic E-state index is -0.133. The molecule has 3 aliphatic rings. The molecule has 5 heteroatoms. The topological polar surface area (TPSA) is 37.4 Å². The van der Waals surface area contributed by atoms with Crippen molar-refractivity contribution in [2.24, 2.45) is 23.7 Å². The van der Waals surface area contributed by atoms with Crippen molar-refractivity contribution in [3.05, 3.63) is 30.3 Å². The first kappa shape index (κ1) is 13.0. The van der Waals surface area contributed by atoms with Gasteiger partial charge in [0.1, 0.15) is 0 Å². The van der Waals surface area contributed by atoms with Crippen LogP contribution in [0.4, 0.5) is 5.69 Å². The molecular formula is C15H13Br2NO2. The molecule has 104 valence electrons. The molecule has 1 saturated heterocycles. The molecule has 1 aliphatic heterocycles. The Kier molecular flexibility index (Phi) is 2.87. The van der Waals surface area contributed by atoms with E-state index in [0.29, 0.717) is 15.3 Å². The van der Waals surface area contributed by atoms with Crippen molar-refractivity contribution >= 4 is 49.4 Å². The lowest BCUT2D eigenvalue weighted by Crippen LogP contribution is -2.37. The van der Waals surface area contributed by atoms with Gasteiger partial charge in [-0.2, -0.15) is 0 Å². The zero-order valence-electron chi connectivity index (χ0n) is 10.6. The number of fused-ring (bicyclic) bond motifs is 5. The van der Waals surface area contributed by atoms with Crippen molar-refractivity contribution in [1.82, 2.24) is 0 Å². The Balaban J connectivity index is 1.75. The summed E-state index contributed by atoms with van der Waals surface area (Å²) in [6, 6.07) is 9.27. The van der Waals surface area contributed by atoms with Gasteiger partial charge in [-0.1, -0.05) is 50.1 Å². The number of halogens is 2. The van der Waals surface area contributed by atoms with Gasteiger partial charge in [0.2, 0.25) is 11.8 Å². The SMILES string of the molecule is O=C1[C@@H]2[C@H]3C[C@H]([C@H](Br)[C@@H]3Br)[C@@H]2C(=O)N1c1ccccc1. The summed E-state index contributed by atoms with van der Waals surface area (Å²) in [6.45, 7) is 0. The minimum absolute atomic E-state index is 0.0115. The molecule has 3 fully saturated rings. The van der Waals surface area contributed by atoms with E-state index in [1.165, 1.54) is 4.90 Å². The predicted molar refractivity (Wildman–Crippen MR) is 82.9 cm³/mol. The van der Waals surface area contributed by atoms with Crippen molar-refractivity contribution in [1.29, 1.82) is 0 Å². The van der Waals surface area contributed by atoms with Crippen molar-refractivity contribution in [3.8, 4) is 0 Å². The van der Waals surface area contributed by atoms with E-state index < -0.39 is 0 Å². The van der Waals surface area contributed by atoms with Gasteiger partial charge in [-0.3, -0.25) is 14.5 Å². The first-order chi connectivity index (χ1) is 9.61. The van der Waals surface area contributed by atoms with Crippen molar-refractivity contribution in [2.75, 3.05) is 4.90 Å². The van der Waals surface area contributed by atoms with Gasteiger partial charge in [0.05, 0.1) is 17.5 Å². The van der Waals surface area contributed by atoms with E-state index in [4.69, 9.17) is 0 Å². The van der Waals surface area contributed by atoms with Crippen LogP contribution in [-0.4, -0.2) is 21.5 Å². The predicted octanol–water partition coefficient (Wildman–Crippen LogP) is 2.97. The average molecular weight is 399 g/mol. The second-order valence-electron chi connectivity index (χ2n) is 5.85. The molecule has 20 heavy (non-hydrogen) atoms. The zero-order valence-corrected chi connectivity index (χ0v) is 13.7. The summed E-state index contributed by atoms with van der Waals surface area (Å²) >= 11 is 7.38. The van der Waals surface area contributed by atoms with E-state index in [1.807, 2.05) is 30.3 Å². The fraction of sp³-hybridized carbons (Fsp3) is 0.467. The third kappa shape index (κ3) is 1.51. The monoisotopic (exact) mass is 397 g/mol. The number of hydrogen-bond donors (Lipinski definition) is 0. The number of amides is 2. The highest BCUT2D eigenvalue weighted by Crippen LogP contribution is 2.60. The first-order valence-corrected chi connectivity index (χ1v) is 8.65. The Bertz CT molecular complexity index is 559. The van der Waals surface area contributed by atoms with E-state index >= 15 is 0 Å². The van der Waals surface area contributed by atoms with Gasteiger partial charge in [0, 0.05) is 9.65 Å². The standard InChI is InChI=1S/C15H13Br2NO2/c16-12-8-6-9(13(12)17)11-10(8)14(19)18(15(11)20)7-4-2-1-3-5-7/h1-5,8-13H,6H2/t8-,9+,10-,11+,12-,13+. The molecule has 0 aromatic heterocycles. The largest absolute Gasteiger partial charge is 0.274 e. The first-order valence-electron chi connectivity index (χ1n) is 6.82. The lowest BCUT2D eigenvalue weighted by Gasteiger charge is -2.28. The molecule has 2 aliphatic carbocycles. The molecule has 0 radical (unpaired) electrons. The molecule has 1 aromatic carbocycles. The Labute approximate surface area is 134 Å². The summed E-state index contributed by atoms with van der Waals surface area (Å²) in [5.41, 5.74) is 0.702. The molecule has 2 bridgehead atoms. The summed E-state index contributed by atoms with van der Waals surface area (Å²) in [4.78, 5) is 27.4. The van der Waals surface area contributed by atoms with Crippen molar-refractivity contribution in [3.63, 3.8) is 0 Å². The van der Waals surface area contributed by atoms with Crippen LogP contribution in [-0.2, 0) is 9.59 Å². The van der Waals surface area contributed by atoms with E-state index in [0.717, 1.165) is 6.42 Å². The Morgan fingerprint density at radius 1 is 0.900 bits per heavy atom. The highest BCUT2D eigenvalue weighted by molar-refractivity contribution is 9.12. The Hall–Kier alpha value is -0.680. The molecule has 3 nitrogen and oxygen atoms in total. The van der Waals surface area contributed by atoms with Gasteiger partial charge in [-0.15, -0.1) is 0 Å². The van der Waals surface area contributed by atoms with Gasteiger partial charge in [0.25, 0.3) is 0 Å². The lowest BCUT2D eigenvalue weighted by molar-refractivity contribution is -0.123. The van der Waals surface area contributed by atoms with E-state index in [9.17, 15) is 9.59 Å². The Morgan fingerprint density at radius 2 is 1.40 bits per heavy atom. The molecular weight excluding hydrogens is 386 g/mol. The number of benzene rings is 1. The molecule has 2 saturated carbocycles. The normalized spacial score (nSPS) is 42.4. The number of hydrogen-bond acceptors (Lipinski definition) is 2. The summed E-state index contributed by atoms with van der Waals surface area (Å²) < 4.78 is 0. The maximum absolute atomic E-state index is 12.7. The number of anilines is 1. The van der Waals surface area contributed by atoms with Gasteiger partial charge in [-0.05, 0) is 30.4 Å². The fourth-order valence-corrected chi connectivity index (χ4v) is 6.05. The van der Waals surface area contributed by atoms with Crippen LogP contribution in [0.1, 0.15) is 6.42 Å². The van der Waals surface area contributed by atoms with E-state index in [1.54, 1.807) is 0 Å². The fourth-order valence-electron chi connectivity index (χ4n) is 4.18. The smallest absolute Gasteiger partial charge is 0.238 e. The van der Waals surface area contributed by atoms with Crippen LogP contribution in [0, 0.1) is 23.7 Å². The number of carbonyl (C=O) groups is 2. The summed E-state index contributed by atoms with van der Waals surface area (Å²) in [7, 11) is 0. The van der Waals surface area contributed by atoms with Gasteiger partial charge < -0.3 is 0 Å². The lowest BCUT2D eigenvalue weighted by atomic mass is 9.81. The second kappa shape index (κ2) is 4.41. The molecule has 1 heterocycles. The maximum Gasteiger partial charge on any atom is 0.238 e. The number of imide groups is 1. The summed E-state index contributed by atoms with van der Waals surface area (Å²) in [5, 5.41) is 0. The van der Waals surface area contributed by atoms with Crippen LogP contribution >= 0.6 is 31.9 Å². The maximum atomic E-state index is 12.7. The van der Waals surface area contributed by atoms with Gasteiger partial charge in [0.15, 0.2) is 0 Å². The molecule has 0 N–H and O–H groups in total. The third-order valence-corrected chi connectivity index (χ3v) is 8.21. The number of nitrogens with zero attached hydrogens (tertiary/aromatic N) is 1. The van der Waals surface area contributed by atoms with Crippen LogP contribution in [0.5, 0.6) is 0 Å². The van der Waals surface area contributed by atoms with E-state index in [-0.39, 0.29) is 35.5 Å². The number of carbonyl (C=O) groups excluding carboxylic acids is 2. The minimum Gasteiger partial charge on any atom is -0.274 e. The number of para-hydroxylation sites is 1. The van der Waals surface area contributed by atoms with Crippen LogP contribution in [0.2, 0.25) is 0 Å². The van der Waals surface area contributed by atoms with Crippen LogP contribution in [0.15, 0.2) is 30.3 Å². The molecule has 0 spiro atoms. The highest BCUT2D eigenvalue weighted by Gasteiger charge is 2.66. The number of alkyl halides is 2. The van der Waals surface area contributed by atoms with Gasteiger partial charge >= 0.3 is 0 Å². The van der Waals surface area contributed by atoms with Crippen LogP contribution in [0.3, 0.4) is 0 Å². The van der Waals surface area contributed by atoms with Crippen molar-refractivity contribution in [2.45, 2.75) is 16.1 Å². The van der Waals surface area contributed by atoms with Gasteiger partial charge in [-0.25, -0.2) is 0 Å². The molecule has 0 unspecified atom stereocenters. The van der Waals surface area contributed by atoms with Crippen LogP contribution < -0.4 is 4.90 Å². The molecule has 6 atom stereocenters.